The first kappa shape index (κ1) is 21.5. The molecule has 0 saturated heterocycles. The van der Waals surface area contributed by atoms with Crippen molar-refractivity contribution >= 4 is 12.4 Å². The van der Waals surface area contributed by atoms with Gasteiger partial charge in [0.1, 0.15) is 0 Å². The molecule has 4 rings (SSSR count). The van der Waals surface area contributed by atoms with Gasteiger partial charge in [-0.15, -0.1) is 0 Å². The molecule has 0 aliphatic heterocycles. The van der Waals surface area contributed by atoms with Gasteiger partial charge >= 0.3 is 0 Å². The van der Waals surface area contributed by atoms with Crippen LogP contribution in [0.25, 0.3) is 28.1 Å². The largest absolute Gasteiger partial charge is 0.317 e. The minimum absolute atomic E-state index is 0.285. The second kappa shape index (κ2) is 8.45. The summed E-state index contributed by atoms with van der Waals surface area (Å²) in [6.07, 6.45) is 0. The molecule has 6 nitrogen and oxygen atoms in total. The van der Waals surface area contributed by atoms with Crippen molar-refractivity contribution in [2.45, 2.75) is 13.8 Å². The van der Waals surface area contributed by atoms with E-state index in [-0.39, 0.29) is 5.62 Å². The zero-order valence-electron chi connectivity index (χ0n) is 18.7. The number of nitrogens with one attached hydrogen (secondary N) is 1. The normalized spacial score (nSPS) is 10.5. The van der Waals surface area contributed by atoms with Crippen LogP contribution in [0.1, 0.15) is 22.4 Å². The molecule has 160 valence electrons. The number of aromatic nitrogens is 2. The number of benzene rings is 3. The molecule has 6 heteroatoms. The van der Waals surface area contributed by atoms with Crippen LogP contribution in [-0.2, 0) is 7.05 Å². The van der Waals surface area contributed by atoms with Gasteiger partial charge in [-0.05, 0) is 73.7 Å². The molecule has 1 N–H and O–H groups in total. The van der Waals surface area contributed by atoms with E-state index in [1.165, 1.54) is 0 Å². The van der Waals surface area contributed by atoms with Crippen molar-refractivity contribution < 1.29 is 0 Å². The van der Waals surface area contributed by atoms with Crippen molar-refractivity contribution in [2.75, 3.05) is 0 Å². The molecule has 3 aromatic carbocycles. The third-order valence-corrected chi connectivity index (χ3v) is 5.93. The highest BCUT2D eigenvalue weighted by Crippen LogP contribution is 2.37. The van der Waals surface area contributed by atoms with Gasteiger partial charge in [0, 0.05) is 18.3 Å². The van der Waals surface area contributed by atoms with E-state index in [9.17, 15) is 10.5 Å². The summed E-state index contributed by atoms with van der Waals surface area (Å²) >= 11 is 0. The SMILES string of the molecule is C=Nc1ccc(-c2cccc(C#N)c2)cc1-c1c(C)n(C)c(=N)n1-c1cc(C#N)ccc1C. The third kappa shape index (κ3) is 3.64. The maximum atomic E-state index is 9.45. The lowest BCUT2D eigenvalue weighted by Gasteiger charge is -2.15. The van der Waals surface area contributed by atoms with Gasteiger partial charge in [-0.3, -0.25) is 15.0 Å². The predicted molar refractivity (Wildman–Crippen MR) is 130 cm³/mol. The maximum Gasteiger partial charge on any atom is 0.207 e. The molecule has 0 amide bonds. The molecule has 0 unspecified atom stereocenters. The third-order valence-electron chi connectivity index (χ3n) is 5.93. The number of nitrogens with zero attached hydrogens (tertiary/aromatic N) is 5. The van der Waals surface area contributed by atoms with E-state index in [1.54, 1.807) is 18.2 Å². The molecule has 0 fully saturated rings. The van der Waals surface area contributed by atoms with Gasteiger partial charge in [0.2, 0.25) is 5.62 Å². The Kier molecular flexibility index (Phi) is 5.52. The van der Waals surface area contributed by atoms with E-state index < -0.39 is 0 Å². The number of imidazole rings is 1. The lowest BCUT2D eigenvalue weighted by atomic mass is 9.98. The molecule has 0 aliphatic carbocycles. The second-order valence-electron chi connectivity index (χ2n) is 7.85. The Morgan fingerprint density at radius 2 is 1.61 bits per heavy atom. The van der Waals surface area contributed by atoms with Crippen LogP contribution in [0.2, 0.25) is 0 Å². The van der Waals surface area contributed by atoms with E-state index in [0.717, 1.165) is 39.3 Å². The highest BCUT2D eigenvalue weighted by Gasteiger charge is 2.20. The van der Waals surface area contributed by atoms with E-state index in [2.05, 4.69) is 23.8 Å². The van der Waals surface area contributed by atoms with Gasteiger partial charge in [0.05, 0.1) is 40.3 Å². The molecule has 0 bridgehead atoms. The summed E-state index contributed by atoms with van der Waals surface area (Å²) in [6.45, 7) is 7.68. The minimum Gasteiger partial charge on any atom is -0.317 e. The first-order chi connectivity index (χ1) is 15.9. The quantitative estimate of drug-likeness (QED) is 0.444. The topological polar surface area (TPSA) is 93.7 Å². The molecule has 0 saturated carbocycles. The molecule has 0 aliphatic rings. The Morgan fingerprint density at radius 3 is 2.30 bits per heavy atom. The Morgan fingerprint density at radius 1 is 0.909 bits per heavy atom. The Balaban J connectivity index is 2.06. The van der Waals surface area contributed by atoms with E-state index in [1.807, 2.05) is 72.5 Å². The van der Waals surface area contributed by atoms with E-state index in [4.69, 9.17) is 5.41 Å². The highest BCUT2D eigenvalue weighted by molar-refractivity contribution is 5.83. The van der Waals surface area contributed by atoms with Crippen LogP contribution in [0.5, 0.6) is 0 Å². The number of hydrogen-bond donors (Lipinski definition) is 1. The molecular formula is C27H22N6. The number of rotatable bonds is 4. The van der Waals surface area contributed by atoms with Gasteiger partial charge in [-0.1, -0.05) is 24.3 Å². The molecular weight excluding hydrogens is 408 g/mol. The van der Waals surface area contributed by atoms with Gasteiger partial charge < -0.3 is 4.57 Å². The van der Waals surface area contributed by atoms with Crippen molar-refractivity contribution in [1.82, 2.24) is 9.13 Å². The zero-order chi connectivity index (χ0) is 23.7. The number of aliphatic imine (C=N–C) groups is 1. The van der Waals surface area contributed by atoms with Crippen LogP contribution >= 0.6 is 0 Å². The number of nitriles is 2. The maximum absolute atomic E-state index is 9.45. The number of aryl methyl sites for hydroxylation is 1. The first-order valence-corrected chi connectivity index (χ1v) is 10.3. The fourth-order valence-electron chi connectivity index (χ4n) is 4.02. The highest BCUT2D eigenvalue weighted by atomic mass is 15.2. The standard InChI is InChI=1S/C27H22N6/c1-17-8-9-20(16-29)13-25(17)33-26(18(2)32(4)27(33)30)23-14-22(10-11-24(23)31-3)21-7-5-6-19(12-21)15-28/h5-14,30H,3H2,1-2,4H3. The molecule has 4 aromatic rings. The van der Waals surface area contributed by atoms with Crippen LogP contribution in [0.4, 0.5) is 5.69 Å². The Hall–Kier alpha value is -4.68. The van der Waals surface area contributed by atoms with Crippen LogP contribution in [0.3, 0.4) is 0 Å². The first-order valence-electron chi connectivity index (χ1n) is 10.3. The molecule has 1 heterocycles. The van der Waals surface area contributed by atoms with Crippen LogP contribution in [-0.4, -0.2) is 15.9 Å². The van der Waals surface area contributed by atoms with Crippen molar-refractivity contribution in [2.24, 2.45) is 12.0 Å². The number of hydrogen-bond acceptors (Lipinski definition) is 4. The summed E-state index contributed by atoms with van der Waals surface area (Å²) in [7, 11) is 1.85. The smallest absolute Gasteiger partial charge is 0.207 e. The Bertz CT molecular complexity index is 1550. The predicted octanol–water partition coefficient (Wildman–Crippen LogP) is 5.32. The summed E-state index contributed by atoms with van der Waals surface area (Å²) in [4.78, 5) is 4.25. The monoisotopic (exact) mass is 430 g/mol. The average molecular weight is 431 g/mol. The van der Waals surface area contributed by atoms with Crippen LogP contribution < -0.4 is 5.62 Å². The van der Waals surface area contributed by atoms with E-state index in [0.29, 0.717) is 16.8 Å². The summed E-state index contributed by atoms with van der Waals surface area (Å²) in [5.74, 6) is 0. The van der Waals surface area contributed by atoms with Crippen molar-refractivity contribution in [3.63, 3.8) is 0 Å². The summed E-state index contributed by atoms with van der Waals surface area (Å²) in [5, 5.41) is 27.6. The van der Waals surface area contributed by atoms with Gasteiger partial charge in [-0.25, -0.2) is 0 Å². The lowest BCUT2D eigenvalue weighted by molar-refractivity contribution is 0.753. The summed E-state index contributed by atoms with van der Waals surface area (Å²) in [6, 6.07) is 23.2. The summed E-state index contributed by atoms with van der Waals surface area (Å²) in [5.41, 5.74) is 8.16. The van der Waals surface area contributed by atoms with Crippen molar-refractivity contribution in [3.05, 3.63) is 88.7 Å². The minimum atomic E-state index is 0.285. The molecule has 33 heavy (non-hydrogen) atoms. The average Bonchev–Trinajstić information content (AvgIpc) is 3.07. The van der Waals surface area contributed by atoms with Gasteiger partial charge in [0.15, 0.2) is 0 Å². The lowest BCUT2D eigenvalue weighted by Crippen LogP contribution is -2.22. The van der Waals surface area contributed by atoms with Crippen LogP contribution in [0.15, 0.2) is 65.7 Å². The second-order valence-corrected chi connectivity index (χ2v) is 7.85. The van der Waals surface area contributed by atoms with Crippen molar-refractivity contribution in [1.29, 1.82) is 15.9 Å². The van der Waals surface area contributed by atoms with Crippen molar-refractivity contribution in [3.8, 4) is 40.2 Å². The summed E-state index contributed by atoms with van der Waals surface area (Å²) < 4.78 is 3.66. The molecule has 0 radical (unpaired) electrons. The van der Waals surface area contributed by atoms with Gasteiger partial charge in [0.25, 0.3) is 0 Å². The van der Waals surface area contributed by atoms with Gasteiger partial charge in [-0.2, -0.15) is 10.5 Å². The molecule has 0 atom stereocenters. The van der Waals surface area contributed by atoms with E-state index >= 15 is 0 Å². The molecule has 0 spiro atoms. The Labute approximate surface area is 192 Å². The molecule has 1 aromatic heterocycles. The fraction of sp³-hybridized carbons (Fsp3) is 0.111. The zero-order valence-corrected chi connectivity index (χ0v) is 18.7. The van der Waals surface area contributed by atoms with Crippen LogP contribution in [0, 0.1) is 41.9 Å². The fourth-order valence-corrected chi connectivity index (χ4v) is 4.02.